The fraction of sp³-hybridized carbons (Fsp3) is 0.333. The first-order valence-corrected chi connectivity index (χ1v) is 4.85. The normalized spacial score (nSPS) is 10.9. The van der Waals surface area contributed by atoms with Crippen molar-refractivity contribution in [3.63, 3.8) is 0 Å². The van der Waals surface area contributed by atoms with Gasteiger partial charge in [0.25, 0.3) is 0 Å². The second kappa shape index (κ2) is 6.56. The summed E-state index contributed by atoms with van der Waals surface area (Å²) in [7, 11) is 1.15. The van der Waals surface area contributed by atoms with Crippen molar-refractivity contribution < 1.29 is 0 Å². The van der Waals surface area contributed by atoms with Crippen molar-refractivity contribution in [1.82, 2.24) is 0 Å². The Balaban J connectivity index is 3.70. The highest BCUT2D eigenvalue weighted by molar-refractivity contribution is 6.16. The maximum absolute atomic E-state index is 3.71. The van der Waals surface area contributed by atoms with E-state index in [0.717, 1.165) is 23.1 Å². The minimum atomic E-state index is 0.646. The van der Waals surface area contributed by atoms with E-state index in [1.54, 1.807) is 0 Å². The van der Waals surface area contributed by atoms with E-state index in [0.29, 0.717) is 5.92 Å². The average molecular weight is 152 g/mol. The van der Waals surface area contributed by atoms with Crippen molar-refractivity contribution in [2.24, 2.45) is 5.92 Å². The second-order valence-electron chi connectivity index (χ2n) is 2.33. The molecule has 0 bridgehead atoms. The Morgan fingerprint density at radius 1 is 1.20 bits per heavy atom. The maximum Gasteiger partial charge on any atom is 0.0287 e. The molecule has 0 rings (SSSR count). The van der Waals surface area contributed by atoms with E-state index in [2.05, 4.69) is 24.9 Å². The van der Waals surface area contributed by atoms with Crippen LogP contribution in [0.25, 0.3) is 0 Å². The highest BCUT2D eigenvalue weighted by Crippen LogP contribution is 2.10. The summed E-state index contributed by atoms with van der Waals surface area (Å²) in [5, 5.41) is 0. The highest BCUT2D eigenvalue weighted by Gasteiger charge is 1.96. The van der Waals surface area contributed by atoms with Gasteiger partial charge in [0.1, 0.15) is 0 Å². The Bertz CT molecular complexity index is 115. The van der Waals surface area contributed by atoms with Crippen molar-refractivity contribution >= 4 is 10.2 Å². The van der Waals surface area contributed by atoms with Crippen LogP contribution in [0.4, 0.5) is 0 Å². The number of hydrogen-bond donors (Lipinski definition) is 0. The van der Waals surface area contributed by atoms with Crippen molar-refractivity contribution in [2.45, 2.75) is 12.8 Å². The van der Waals surface area contributed by atoms with Crippen LogP contribution in [0.2, 0.25) is 0 Å². The standard InChI is InChI=1S/C9H16Si/c1-3-5-9(6-4-2)7-8-10/h3-4,7-9H,1-2,5-6H2,10H3. The Morgan fingerprint density at radius 2 is 1.70 bits per heavy atom. The van der Waals surface area contributed by atoms with Crippen molar-refractivity contribution in [3.05, 3.63) is 37.1 Å². The molecule has 0 radical (unpaired) electrons. The monoisotopic (exact) mass is 152 g/mol. The molecule has 0 heterocycles. The molecule has 0 spiro atoms. The molecule has 0 aliphatic heterocycles. The van der Waals surface area contributed by atoms with Crippen LogP contribution < -0.4 is 0 Å². The van der Waals surface area contributed by atoms with Gasteiger partial charge in [-0.3, -0.25) is 0 Å². The van der Waals surface area contributed by atoms with Crippen LogP contribution in [-0.4, -0.2) is 10.2 Å². The molecule has 0 N–H and O–H groups in total. The van der Waals surface area contributed by atoms with E-state index in [-0.39, 0.29) is 0 Å². The third kappa shape index (κ3) is 4.33. The first kappa shape index (κ1) is 9.44. The molecule has 0 unspecified atom stereocenters. The lowest BCUT2D eigenvalue weighted by Gasteiger charge is -2.04. The van der Waals surface area contributed by atoms with E-state index in [1.165, 1.54) is 0 Å². The lowest BCUT2D eigenvalue weighted by Crippen LogP contribution is -1.91. The van der Waals surface area contributed by atoms with Crippen molar-refractivity contribution in [1.29, 1.82) is 0 Å². The topological polar surface area (TPSA) is 0 Å². The molecule has 0 aromatic carbocycles. The van der Waals surface area contributed by atoms with Gasteiger partial charge in [0.05, 0.1) is 0 Å². The summed E-state index contributed by atoms with van der Waals surface area (Å²) < 4.78 is 0. The highest BCUT2D eigenvalue weighted by atomic mass is 28.1. The van der Waals surface area contributed by atoms with Gasteiger partial charge < -0.3 is 0 Å². The predicted octanol–water partition coefficient (Wildman–Crippen LogP) is 1.63. The molecule has 0 amide bonds. The molecule has 0 saturated carbocycles. The number of hydrogen-bond acceptors (Lipinski definition) is 0. The SMILES string of the molecule is C=CCC(C=C[SiH3])CC=C. The van der Waals surface area contributed by atoms with E-state index < -0.39 is 0 Å². The van der Waals surface area contributed by atoms with Gasteiger partial charge in [0.2, 0.25) is 0 Å². The molecule has 10 heavy (non-hydrogen) atoms. The van der Waals surface area contributed by atoms with E-state index in [4.69, 9.17) is 0 Å². The van der Waals surface area contributed by atoms with Crippen LogP contribution in [0.1, 0.15) is 12.8 Å². The Hall–Kier alpha value is -0.563. The van der Waals surface area contributed by atoms with Crippen LogP contribution in [0.15, 0.2) is 37.1 Å². The van der Waals surface area contributed by atoms with Gasteiger partial charge in [0.15, 0.2) is 0 Å². The van der Waals surface area contributed by atoms with E-state index in [1.807, 2.05) is 12.2 Å². The van der Waals surface area contributed by atoms with E-state index >= 15 is 0 Å². The molecule has 0 aliphatic carbocycles. The molecule has 0 aromatic heterocycles. The zero-order chi connectivity index (χ0) is 7.82. The number of rotatable bonds is 5. The Morgan fingerprint density at radius 3 is 2.00 bits per heavy atom. The summed E-state index contributed by atoms with van der Waals surface area (Å²) in [6.45, 7) is 7.42. The van der Waals surface area contributed by atoms with Crippen LogP contribution in [-0.2, 0) is 0 Å². The van der Waals surface area contributed by atoms with Crippen LogP contribution in [0.3, 0.4) is 0 Å². The summed E-state index contributed by atoms with van der Waals surface area (Å²) in [5.41, 5.74) is 2.22. The molecular formula is C9H16Si. The van der Waals surface area contributed by atoms with Gasteiger partial charge in [-0.1, -0.05) is 18.2 Å². The summed E-state index contributed by atoms with van der Waals surface area (Å²) >= 11 is 0. The third-order valence-corrected chi connectivity index (χ3v) is 1.79. The first-order valence-electron chi connectivity index (χ1n) is 3.69. The minimum absolute atomic E-state index is 0.646. The lowest BCUT2D eigenvalue weighted by molar-refractivity contribution is 0.677. The molecule has 0 aromatic rings. The third-order valence-electron chi connectivity index (χ3n) is 1.40. The largest absolute Gasteiger partial charge is 0.109 e. The average Bonchev–Trinajstić information content (AvgIpc) is 1.90. The fourth-order valence-electron chi connectivity index (χ4n) is 0.954. The van der Waals surface area contributed by atoms with E-state index in [9.17, 15) is 0 Å². The van der Waals surface area contributed by atoms with Gasteiger partial charge in [-0.05, 0) is 18.8 Å². The number of allylic oxidation sites excluding steroid dienone is 3. The smallest absolute Gasteiger partial charge is 0.0287 e. The molecule has 1 heteroatoms. The first-order chi connectivity index (χ1) is 4.85. The molecule has 0 nitrogen and oxygen atoms in total. The molecular weight excluding hydrogens is 136 g/mol. The second-order valence-corrected chi connectivity index (χ2v) is 3.00. The molecule has 56 valence electrons. The molecule has 0 fully saturated rings. The van der Waals surface area contributed by atoms with Crippen LogP contribution in [0, 0.1) is 5.92 Å². The quantitative estimate of drug-likeness (QED) is 0.415. The van der Waals surface area contributed by atoms with Crippen molar-refractivity contribution in [3.8, 4) is 0 Å². The molecule has 0 atom stereocenters. The van der Waals surface area contributed by atoms with Gasteiger partial charge in [-0.25, -0.2) is 0 Å². The minimum Gasteiger partial charge on any atom is -0.109 e. The zero-order valence-corrected chi connectivity index (χ0v) is 8.72. The summed E-state index contributed by atoms with van der Waals surface area (Å²) in [6.07, 6.45) is 8.34. The predicted molar refractivity (Wildman–Crippen MR) is 52.2 cm³/mol. The van der Waals surface area contributed by atoms with Crippen LogP contribution in [0.5, 0.6) is 0 Å². The Labute approximate surface area is 66.8 Å². The van der Waals surface area contributed by atoms with Gasteiger partial charge in [-0.2, -0.15) is 0 Å². The summed E-state index contributed by atoms with van der Waals surface area (Å²) in [4.78, 5) is 0. The maximum atomic E-state index is 3.71. The Kier molecular flexibility index (Phi) is 6.19. The van der Waals surface area contributed by atoms with Crippen molar-refractivity contribution in [2.75, 3.05) is 0 Å². The van der Waals surface area contributed by atoms with Gasteiger partial charge >= 0.3 is 0 Å². The lowest BCUT2D eigenvalue weighted by atomic mass is 10.0. The molecule has 0 aliphatic rings. The fourth-order valence-corrected chi connectivity index (χ4v) is 1.50. The van der Waals surface area contributed by atoms with Gasteiger partial charge in [-0.15, -0.1) is 18.9 Å². The molecule has 0 saturated heterocycles. The van der Waals surface area contributed by atoms with Crippen LogP contribution >= 0.6 is 0 Å². The summed E-state index contributed by atoms with van der Waals surface area (Å²) in [5.74, 6) is 0.646. The zero-order valence-electron chi connectivity index (χ0n) is 6.72. The summed E-state index contributed by atoms with van der Waals surface area (Å²) in [6, 6.07) is 0. The van der Waals surface area contributed by atoms with Gasteiger partial charge in [0, 0.05) is 10.2 Å².